The van der Waals surface area contributed by atoms with Crippen molar-refractivity contribution in [3.05, 3.63) is 36.0 Å². The molecule has 0 aliphatic rings. The van der Waals surface area contributed by atoms with Gasteiger partial charge in [-0.25, -0.2) is 4.79 Å². The molecule has 2 rings (SSSR count). The number of carbonyl (C=O) groups excluding carboxylic acids is 1. The molecule has 0 fully saturated rings. The van der Waals surface area contributed by atoms with Gasteiger partial charge in [0.05, 0.1) is 13.2 Å². The Morgan fingerprint density at radius 1 is 1.35 bits per heavy atom. The molecule has 0 bridgehead atoms. The Balaban J connectivity index is 2.53. The average Bonchev–Trinajstić information content (AvgIpc) is 3.01. The van der Waals surface area contributed by atoms with E-state index in [0.29, 0.717) is 35.6 Å². The summed E-state index contributed by atoms with van der Waals surface area (Å²) >= 11 is 0. The van der Waals surface area contributed by atoms with Crippen molar-refractivity contribution in [2.45, 2.75) is 20.3 Å². The summed E-state index contributed by atoms with van der Waals surface area (Å²) in [7, 11) is 0. The highest BCUT2D eigenvalue weighted by atomic mass is 16.5. The molecule has 0 aliphatic carbocycles. The zero-order chi connectivity index (χ0) is 16.8. The maximum absolute atomic E-state index is 11.9. The van der Waals surface area contributed by atoms with Crippen molar-refractivity contribution in [3.8, 4) is 22.8 Å². The number of aromatic amines is 1. The summed E-state index contributed by atoms with van der Waals surface area (Å²) in [5.74, 6) is -0.191. The minimum absolute atomic E-state index is 0.0525. The molecule has 7 heteroatoms. The van der Waals surface area contributed by atoms with Crippen LogP contribution >= 0.6 is 0 Å². The molecule has 0 spiro atoms. The lowest BCUT2D eigenvalue weighted by molar-refractivity contribution is 0.0520. The molecule has 1 heterocycles. The second-order valence-electron chi connectivity index (χ2n) is 4.65. The zero-order valence-electron chi connectivity index (χ0n) is 13.1. The van der Waals surface area contributed by atoms with Gasteiger partial charge in [0.15, 0.2) is 17.2 Å². The van der Waals surface area contributed by atoms with Crippen LogP contribution in [0.3, 0.4) is 0 Å². The van der Waals surface area contributed by atoms with Gasteiger partial charge in [-0.15, -0.1) is 11.7 Å². The van der Waals surface area contributed by atoms with E-state index in [9.17, 15) is 9.90 Å². The highest BCUT2D eigenvalue weighted by Crippen LogP contribution is 2.36. The lowest BCUT2D eigenvalue weighted by Crippen LogP contribution is -2.07. The van der Waals surface area contributed by atoms with Gasteiger partial charge in [-0.1, -0.05) is 6.08 Å². The quantitative estimate of drug-likeness (QED) is 0.601. The third kappa shape index (κ3) is 3.50. The smallest absolute Gasteiger partial charge is 0.361 e. The second-order valence-corrected chi connectivity index (χ2v) is 4.65. The number of rotatable bonds is 7. The van der Waals surface area contributed by atoms with E-state index in [1.165, 1.54) is 0 Å². The summed E-state index contributed by atoms with van der Waals surface area (Å²) in [5.41, 5.74) is 1.65. The van der Waals surface area contributed by atoms with Gasteiger partial charge in [-0.2, -0.15) is 10.3 Å². The minimum Gasteiger partial charge on any atom is -0.504 e. The van der Waals surface area contributed by atoms with Gasteiger partial charge >= 0.3 is 5.97 Å². The van der Waals surface area contributed by atoms with Crippen LogP contribution in [-0.2, 0) is 11.2 Å². The third-order valence-electron chi connectivity index (χ3n) is 3.11. The SMILES string of the molecule is C=CCc1cc(-c2n[nH]nc2C(=O)OCC)cc(OCC)c1O. The Kier molecular flexibility index (Phi) is 5.35. The first-order chi connectivity index (χ1) is 11.1. The number of esters is 1. The van der Waals surface area contributed by atoms with Crippen molar-refractivity contribution in [1.82, 2.24) is 15.4 Å². The van der Waals surface area contributed by atoms with E-state index in [1.54, 1.807) is 25.1 Å². The molecule has 0 saturated carbocycles. The van der Waals surface area contributed by atoms with Crippen molar-refractivity contribution < 1.29 is 19.4 Å². The lowest BCUT2D eigenvalue weighted by Gasteiger charge is -2.12. The Bertz CT molecular complexity index is 709. The van der Waals surface area contributed by atoms with Gasteiger partial charge in [0, 0.05) is 11.1 Å². The number of hydrogen-bond donors (Lipinski definition) is 2. The molecule has 23 heavy (non-hydrogen) atoms. The van der Waals surface area contributed by atoms with Crippen molar-refractivity contribution in [2.75, 3.05) is 13.2 Å². The fourth-order valence-electron chi connectivity index (χ4n) is 2.15. The third-order valence-corrected chi connectivity index (χ3v) is 3.11. The number of allylic oxidation sites excluding steroid dienone is 1. The maximum Gasteiger partial charge on any atom is 0.361 e. The molecular formula is C16H19N3O4. The summed E-state index contributed by atoms with van der Waals surface area (Å²) in [6.07, 6.45) is 2.12. The molecule has 0 unspecified atom stereocenters. The Morgan fingerprint density at radius 3 is 2.78 bits per heavy atom. The molecule has 2 N–H and O–H groups in total. The summed E-state index contributed by atoms with van der Waals surface area (Å²) in [4.78, 5) is 11.9. The fourth-order valence-corrected chi connectivity index (χ4v) is 2.15. The number of hydrogen-bond acceptors (Lipinski definition) is 6. The summed E-state index contributed by atoms with van der Waals surface area (Å²) in [5, 5.41) is 20.5. The number of phenolic OH excluding ortho intramolecular Hbond substituents is 1. The van der Waals surface area contributed by atoms with Crippen molar-refractivity contribution in [2.24, 2.45) is 0 Å². The zero-order valence-corrected chi connectivity index (χ0v) is 13.1. The van der Waals surface area contributed by atoms with E-state index < -0.39 is 5.97 Å². The average molecular weight is 317 g/mol. The van der Waals surface area contributed by atoms with E-state index in [1.807, 2.05) is 6.92 Å². The molecule has 2 aromatic rings. The van der Waals surface area contributed by atoms with Crippen molar-refractivity contribution >= 4 is 5.97 Å². The maximum atomic E-state index is 11.9. The van der Waals surface area contributed by atoms with E-state index in [0.717, 1.165) is 0 Å². The van der Waals surface area contributed by atoms with Crippen LogP contribution in [0.1, 0.15) is 29.9 Å². The highest BCUT2D eigenvalue weighted by Gasteiger charge is 2.21. The van der Waals surface area contributed by atoms with Crippen LogP contribution in [0.25, 0.3) is 11.3 Å². The first kappa shape index (κ1) is 16.5. The number of H-pyrrole nitrogens is 1. The molecule has 0 amide bonds. The Labute approximate surface area is 133 Å². The Hall–Kier alpha value is -2.83. The molecule has 0 radical (unpaired) electrons. The number of benzene rings is 1. The van der Waals surface area contributed by atoms with Crippen LogP contribution in [0.15, 0.2) is 24.8 Å². The number of ether oxygens (including phenoxy) is 2. The largest absolute Gasteiger partial charge is 0.504 e. The molecule has 1 aromatic heterocycles. The number of phenols is 1. The molecule has 0 atom stereocenters. The van der Waals surface area contributed by atoms with Gasteiger partial charge in [0.25, 0.3) is 0 Å². The van der Waals surface area contributed by atoms with Crippen LogP contribution in [0, 0.1) is 0 Å². The van der Waals surface area contributed by atoms with Gasteiger partial charge < -0.3 is 14.6 Å². The van der Waals surface area contributed by atoms with Crippen LogP contribution in [0.2, 0.25) is 0 Å². The van der Waals surface area contributed by atoms with Crippen LogP contribution in [0.4, 0.5) is 0 Å². The summed E-state index contributed by atoms with van der Waals surface area (Å²) in [6, 6.07) is 3.34. The first-order valence-electron chi connectivity index (χ1n) is 7.30. The van der Waals surface area contributed by atoms with Crippen molar-refractivity contribution in [3.63, 3.8) is 0 Å². The standard InChI is InChI=1S/C16H19N3O4/c1-4-7-10-8-11(9-12(15(10)20)22-5-2)13-14(18-19-17-13)16(21)23-6-3/h4,8-9,20H,1,5-7H2,2-3H3,(H,17,18,19). The normalized spacial score (nSPS) is 10.3. The summed E-state index contributed by atoms with van der Waals surface area (Å²) in [6.45, 7) is 7.85. The van der Waals surface area contributed by atoms with Gasteiger partial charge in [0.2, 0.25) is 0 Å². The molecule has 1 aromatic carbocycles. The number of nitrogens with one attached hydrogen (secondary N) is 1. The lowest BCUT2D eigenvalue weighted by atomic mass is 10.0. The highest BCUT2D eigenvalue weighted by molar-refractivity contribution is 5.94. The number of aromatic hydroxyl groups is 1. The fraction of sp³-hybridized carbons (Fsp3) is 0.312. The monoisotopic (exact) mass is 317 g/mol. The van der Waals surface area contributed by atoms with E-state index in [2.05, 4.69) is 22.0 Å². The molecular weight excluding hydrogens is 298 g/mol. The van der Waals surface area contributed by atoms with Crippen LogP contribution < -0.4 is 4.74 Å². The number of carbonyl (C=O) groups is 1. The van der Waals surface area contributed by atoms with E-state index >= 15 is 0 Å². The molecule has 7 nitrogen and oxygen atoms in total. The second kappa shape index (κ2) is 7.44. The number of aromatic nitrogens is 3. The van der Waals surface area contributed by atoms with E-state index in [4.69, 9.17) is 9.47 Å². The van der Waals surface area contributed by atoms with Gasteiger partial charge in [0.1, 0.15) is 5.69 Å². The van der Waals surface area contributed by atoms with Crippen LogP contribution in [0.5, 0.6) is 11.5 Å². The van der Waals surface area contributed by atoms with Crippen molar-refractivity contribution in [1.29, 1.82) is 0 Å². The molecule has 0 aliphatic heterocycles. The first-order valence-corrected chi connectivity index (χ1v) is 7.30. The van der Waals surface area contributed by atoms with Gasteiger partial charge in [-0.05, 0) is 32.4 Å². The predicted octanol–water partition coefficient (Wildman–Crippen LogP) is 2.48. The van der Waals surface area contributed by atoms with Crippen LogP contribution in [-0.4, -0.2) is 39.7 Å². The molecule has 0 saturated heterocycles. The topological polar surface area (TPSA) is 97.3 Å². The van der Waals surface area contributed by atoms with Gasteiger partial charge in [-0.3, -0.25) is 0 Å². The summed E-state index contributed by atoms with van der Waals surface area (Å²) < 4.78 is 10.4. The Morgan fingerprint density at radius 2 is 2.13 bits per heavy atom. The molecule has 122 valence electrons. The number of nitrogens with zero attached hydrogens (tertiary/aromatic N) is 2. The minimum atomic E-state index is -0.562. The van der Waals surface area contributed by atoms with E-state index in [-0.39, 0.29) is 18.1 Å². The predicted molar refractivity (Wildman–Crippen MR) is 84.5 cm³/mol.